The Hall–Kier alpha value is -0.840. The quantitative estimate of drug-likeness (QED) is 0.796. The zero-order valence-corrected chi connectivity index (χ0v) is 10.0. The van der Waals surface area contributed by atoms with E-state index in [4.69, 9.17) is 5.14 Å². The smallest absolute Gasteiger partial charge is 0.157 e. The molecule has 0 aromatic carbocycles. The molecule has 1 heterocycles. The predicted molar refractivity (Wildman–Crippen MR) is 64.4 cm³/mol. The maximum atomic E-state index is 11.3. The van der Waals surface area contributed by atoms with E-state index < -0.39 is 11.4 Å². The molecule has 0 bridgehead atoms. The molecule has 0 fully saturated rings. The van der Waals surface area contributed by atoms with Crippen LogP contribution >= 0.6 is 0 Å². The van der Waals surface area contributed by atoms with Crippen LogP contribution in [0.4, 0.5) is 0 Å². The molecule has 1 aromatic heterocycles. The highest BCUT2D eigenvalue weighted by atomic mass is 32.2. The van der Waals surface area contributed by atoms with Crippen molar-refractivity contribution in [3.63, 3.8) is 0 Å². The molecule has 0 aliphatic heterocycles. The van der Waals surface area contributed by atoms with Gasteiger partial charge in [-0.1, -0.05) is 12.1 Å². The van der Waals surface area contributed by atoms with E-state index in [2.05, 4.69) is 4.98 Å². The Balaban J connectivity index is 3.10. The van der Waals surface area contributed by atoms with Gasteiger partial charge in [-0.05, 0) is 26.8 Å². The first-order chi connectivity index (χ1) is 7.07. The largest absolute Gasteiger partial charge is 0.598 e. The first-order valence-corrected chi connectivity index (χ1v) is 6.08. The van der Waals surface area contributed by atoms with Gasteiger partial charge >= 0.3 is 0 Å². The molecule has 2 atom stereocenters. The minimum absolute atomic E-state index is 0.169. The van der Waals surface area contributed by atoms with Gasteiger partial charge < -0.3 is 4.55 Å². The van der Waals surface area contributed by atoms with Crippen LogP contribution < -0.4 is 5.14 Å². The average molecular weight is 224 g/mol. The normalized spacial score (nSPS) is 16.2. The summed E-state index contributed by atoms with van der Waals surface area (Å²) in [4.78, 5) is 4.21. The van der Waals surface area contributed by atoms with Gasteiger partial charge in [-0.2, -0.15) is 5.14 Å². The van der Waals surface area contributed by atoms with Gasteiger partial charge in [0.1, 0.15) is 0 Å². The summed E-state index contributed by atoms with van der Waals surface area (Å²) in [5.74, 6) is 0. The Bertz CT molecular complexity index is 363. The molecular formula is C11H16N2OS. The third kappa shape index (κ3) is 2.81. The Morgan fingerprint density at radius 3 is 2.80 bits per heavy atom. The molecule has 3 nitrogen and oxygen atoms in total. The summed E-state index contributed by atoms with van der Waals surface area (Å²) in [6.07, 6.45) is 3.69. The Morgan fingerprint density at radius 2 is 2.33 bits per heavy atom. The van der Waals surface area contributed by atoms with Crippen molar-refractivity contribution in [3.8, 4) is 0 Å². The lowest BCUT2D eigenvalue weighted by Gasteiger charge is -2.17. The first kappa shape index (κ1) is 12.2. The minimum atomic E-state index is -1.35. The van der Waals surface area contributed by atoms with Crippen molar-refractivity contribution >= 4 is 16.9 Å². The fraction of sp³-hybridized carbons (Fsp3) is 0.364. The number of allylic oxidation sites excluding steroid dienone is 1. The van der Waals surface area contributed by atoms with Gasteiger partial charge in [-0.3, -0.25) is 4.98 Å². The minimum Gasteiger partial charge on any atom is -0.598 e. The number of aromatic nitrogens is 1. The van der Waals surface area contributed by atoms with E-state index in [0.29, 0.717) is 0 Å². The summed E-state index contributed by atoms with van der Waals surface area (Å²) >= 11 is -1.35. The van der Waals surface area contributed by atoms with Crippen LogP contribution in [0.1, 0.15) is 25.1 Å². The van der Waals surface area contributed by atoms with Crippen molar-refractivity contribution in [3.05, 3.63) is 35.7 Å². The number of nitrogens with zero attached hydrogens (tertiary/aromatic N) is 1. The lowest BCUT2D eigenvalue weighted by atomic mass is 10.0. The molecule has 2 N–H and O–H groups in total. The number of nitrogens with two attached hydrogens (primary N) is 1. The lowest BCUT2D eigenvalue weighted by molar-refractivity contribution is 0.592. The maximum Gasteiger partial charge on any atom is 0.157 e. The molecular weight excluding hydrogens is 208 g/mol. The zero-order chi connectivity index (χ0) is 11.4. The molecule has 82 valence electrons. The van der Waals surface area contributed by atoms with E-state index in [0.717, 1.165) is 16.8 Å². The number of hydrogen-bond acceptors (Lipinski definition) is 3. The fourth-order valence-corrected chi connectivity index (χ4v) is 2.04. The van der Waals surface area contributed by atoms with E-state index in [-0.39, 0.29) is 5.25 Å². The summed E-state index contributed by atoms with van der Waals surface area (Å²) in [5, 5.41) is 5.24. The third-order valence-electron chi connectivity index (χ3n) is 2.42. The van der Waals surface area contributed by atoms with Crippen molar-refractivity contribution in [2.45, 2.75) is 26.0 Å². The summed E-state index contributed by atoms with van der Waals surface area (Å²) in [5.41, 5.74) is 2.94. The van der Waals surface area contributed by atoms with E-state index in [1.165, 1.54) is 0 Å². The summed E-state index contributed by atoms with van der Waals surface area (Å²) in [6.45, 7) is 5.72. The second kappa shape index (κ2) is 5.30. The maximum absolute atomic E-state index is 11.3. The summed E-state index contributed by atoms with van der Waals surface area (Å²) in [6, 6.07) is 3.85. The van der Waals surface area contributed by atoms with Crippen LogP contribution in [0.15, 0.2) is 24.4 Å². The molecule has 0 amide bonds. The molecule has 0 saturated carbocycles. The van der Waals surface area contributed by atoms with Crippen molar-refractivity contribution in [1.82, 2.24) is 4.98 Å². The average Bonchev–Trinajstić information content (AvgIpc) is 2.21. The Labute approximate surface area is 93.7 Å². The van der Waals surface area contributed by atoms with Crippen LogP contribution in [0.3, 0.4) is 0 Å². The zero-order valence-electron chi connectivity index (χ0n) is 9.23. The standard InChI is InChI=1S/C11H16N2OS/c1-4-10(9(3)15(12)14)11-6-5-7-13-8(11)2/h4-7,9H,12H2,1-3H3. The van der Waals surface area contributed by atoms with E-state index >= 15 is 0 Å². The highest BCUT2D eigenvalue weighted by molar-refractivity contribution is 7.90. The van der Waals surface area contributed by atoms with Crippen molar-refractivity contribution < 1.29 is 4.55 Å². The van der Waals surface area contributed by atoms with Crippen LogP contribution in [0.25, 0.3) is 5.57 Å². The molecule has 4 heteroatoms. The molecule has 0 radical (unpaired) electrons. The van der Waals surface area contributed by atoms with Crippen molar-refractivity contribution in [2.75, 3.05) is 0 Å². The fourth-order valence-electron chi connectivity index (χ4n) is 1.52. The molecule has 1 aromatic rings. The van der Waals surface area contributed by atoms with Gasteiger partial charge in [0.2, 0.25) is 0 Å². The topological polar surface area (TPSA) is 62.0 Å². The second-order valence-electron chi connectivity index (χ2n) is 3.35. The van der Waals surface area contributed by atoms with Crippen LogP contribution in [-0.2, 0) is 11.4 Å². The number of aryl methyl sites for hydroxylation is 1. The van der Waals surface area contributed by atoms with Gasteiger partial charge in [-0.25, -0.2) is 0 Å². The van der Waals surface area contributed by atoms with Crippen molar-refractivity contribution in [1.29, 1.82) is 0 Å². The van der Waals surface area contributed by atoms with Crippen LogP contribution in [-0.4, -0.2) is 14.8 Å². The number of rotatable bonds is 3. The molecule has 15 heavy (non-hydrogen) atoms. The first-order valence-electron chi connectivity index (χ1n) is 4.81. The molecule has 0 spiro atoms. The highest BCUT2D eigenvalue weighted by Crippen LogP contribution is 2.23. The van der Waals surface area contributed by atoms with Crippen LogP contribution in [0, 0.1) is 6.92 Å². The van der Waals surface area contributed by atoms with Gasteiger partial charge in [0.25, 0.3) is 0 Å². The predicted octanol–water partition coefficient (Wildman–Crippen LogP) is 1.80. The van der Waals surface area contributed by atoms with Gasteiger partial charge in [0.15, 0.2) is 5.25 Å². The third-order valence-corrected chi connectivity index (χ3v) is 3.37. The molecule has 1 rings (SSSR count). The SMILES string of the molecule is CC=C(c1cccnc1C)C(C)[S+](N)[O-]. The Kier molecular flexibility index (Phi) is 4.32. The van der Waals surface area contributed by atoms with Gasteiger partial charge in [0, 0.05) is 34.4 Å². The molecule has 0 aliphatic carbocycles. The molecule has 0 aliphatic rings. The summed E-state index contributed by atoms with van der Waals surface area (Å²) < 4.78 is 11.3. The van der Waals surface area contributed by atoms with Gasteiger partial charge in [-0.15, -0.1) is 0 Å². The van der Waals surface area contributed by atoms with E-state index in [9.17, 15) is 4.55 Å². The molecule has 0 saturated heterocycles. The number of pyridine rings is 1. The number of hydrogen-bond donors (Lipinski definition) is 1. The summed E-state index contributed by atoms with van der Waals surface area (Å²) in [7, 11) is 0. The van der Waals surface area contributed by atoms with Crippen LogP contribution in [0.5, 0.6) is 0 Å². The van der Waals surface area contributed by atoms with Crippen molar-refractivity contribution in [2.24, 2.45) is 5.14 Å². The lowest BCUT2D eigenvalue weighted by Crippen LogP contribution is -2.27. The van der Waals surface area contributed by atoms with Crippen LogP contribution in [0.2, 0.25) is 0 Å². The Morgan fingerprint density at radius 1 is 1.67 bits per heavy atom. The van der Waals surface area contributed by atoms with E-state index in [1.807, 2.05) is 39.0 Å². The van der Waals surface area contributed by atoms with E-state index in [1.54, 1.807) is 6.20 Å². The van der Waals surface area contributed by atoms with Gasteiger partial charge in [0.05, 0.1) is 0 Å². The molecule has 2 unspecified atom stereocenters. The second-order valence-corrected chi connectivity index (χ2v) is 4.72. The highest BCUT2D eigenvalue weighted by Gasteiger charge is 2.20. The monoisotopic (exact) mass is 224 g/mol.